The highest BCUT2D eigenvalue weighted by molar-refractivity contribution is 7.00. The highest BCUT2D eigenvalue weighted by Crippen LogP contribution is 2.47. The molecule has 1 aliphatic rings. The maximum Gasteiger partial charge on any atom is 0.342 e. The van der Waals surface area contributed by atoms with Crippen molar-refractivity contribution in [2.24, 2.45) is 0 Å². The van der Waals surface area contributed by atoms with Crippen LogP contribution >= 0.6 is 11.7 Å². The first-order valence-electron chi connectivity index (χ1n) is 11.3. The predicted molar refractivity (Wildman–Crippen MR) is 137 cm³/mol. The zero-order valence-corrected chi connectivity index (χ0v) is 21.4. The highest BCUT2D eigenvalue weighted by Gasteiger charge is 2.48. The zero-order valence-electron chi connectivity index (χ0n) is 20.6. The topological polar surface area (TPSA) is 109 Å². The Morgan fingerprint density at radius 2 is 1.62 bits per heavy atom. The summed E-state index contributed by atoms with van der Waals surface area (Å²) in [6, 6.07) is 15.7. The average Bonchev–Trinajstić information content (AvgIpc) is 3.49. The minimum absolute atomic E-state index is 0.138. The van der Waals surface area contributed by atoms with Gasteiger partial charge in [-0.3, -0.25) is 0 Å². The zero-order chi connectivity index (χ0) is 26.2. The van der Waals surface area contributed by atoms with Gasteiger partial charge in [-0.15, -0.1) is 0 Å². The van der Waals surface area contributed by atoms with Crippen molar-refractivity contribution in [3.8, 4) is 23.0 Å². The first kappa shape index (κ1) is 24.5. The van der Waals surface area contributed by atoms with Crippen LogP contribution < -0.4 is 18.9 Å². The molecule has 1 aliphatic heterocycles. The second kappa shape index (κ2) is 9.72. The lowest BCUT2D eigenvalue weighted by atomic mass is 9.87. The normalized spacial score (nSPS) is 17.2. The molecule has 0 aliphatic carbocycles. The van der Waals surface area contributed by atoms with Crippen molar-refractivity contribution in [2.75, 3.05) is 28.4 Å². The summed E-state index contributed by atoms with van der Waals surface area (Å²) < 4.78 is 36.1. The average molecular weight is 521 g/mol. The molecule has 0 amide bonds. The molecule has 1 unspecified atom stereocenters. The van der Waals surface area contributed by atoms with Crippen molar-refractivity contribution in [1.82, 2.24) is 8.75 Å². The molecule has 5 rings (SSSR count). The SMILES string of the molecule is COc1cccc(C2(O)OC(=O)C(c3ccc4nsnc4c3)=C2Cc2cc(OC)c(OC)c(OC)c2)c1. The number of methoxy groups -OCH3 is 4. The van der Waals surface area contributed by atoms with Crippen molar-refractivity contribution < 1.29 is 33.6 Å². The summed E-state index contributed by atoms with van der Waals surface area (Å²) in [5.41, 5.74) is 3.58. The number of fused-ring (bicyclic) bond motifs is 1. The van der Waals surface area contributed by atoms with Gasteiger partial charge in [-0.1, -0.05) is 18.2 Å². The molecular formula is C27H24N2O7S. The summed E-state index contributed by atoms with van der Waals surface area (Å²) in [5.74, 6) is -0.858. The van der Waals surface area contributed by atoms with Gasteiger partial charge < -0.3 is 28.8 Å². The number of hydrogen-bond acceptors (Lipinski definition) is 10. The van der Waals surface area contributed by atoms with Crippen LogP contribution in [-0.4, -0.2) is 48.3 Å². The molecule has 4 aromatic rings. The van der Waals surface area contributed by atoms with Crippen LogP contribution in [0, 0.1) is 0 Å². The van der Waals surface area contributed by atoms with Gasteiger partial charge in [-0.05, 0) is 47.5 Å². The second-order valence-electron chi connectivity index (χ2n) is 8.30. The number of benzene rings is 3. The molecule has 1 N–H and O–H groups in total. The Kier molecular flexibility index (Phi) is 6.45. The number of carbonyl (C=O) groups excluding carboxylic acids is 1. The van der Waals surface area contributed by atoms with E-state index in [2.05, 4.69) is 8.75 Å². The number of ether oxygens (including phenoxy) is 5. The van der Waals surface area contributed by atoms with Gasteiger partial charge in [0.15, 0.2) is 11.5 Å². The van der Waals surface area contributed by atoms with Crippen LogP contribution in [0.1, 0.15) is 16.7 Å². The van der Waals surface area contributed by atoms with E-state index in [4.69, 9.17) is 23.7 Å². The van der Waals surface area contributed by atoms with Gasteiger partial charge in [-0.25, -0.2) is 4.79 Å². The quantitative estimate of drug-likeness (QED) is 0.343. The number of aliphatic hydroxyl groups is 1. The number of rotatable bonds is 8. The summed E-state index contributed by atoms with van der Waals surface area (Å²) >= 11 is 1.09. The third-order valence-electron chi connectivity index (χ3n) is 6.26. The molecule has 1 atom stereocenters. The van der Waals surface area contributed by atoms with Crippen LogP contribution in [0.2, 0.25) is 0 Å². The third kappa shape index (κ3) is 4.24. The number of carbonyl (C=O) groups is 1. The van der Waals surface area contributed by atoms with E-state index < -0.39 is 11.8 Å². The van der Waals surface area contributed by atoms with Gasteiger partial charge in [-0.2, -0.15) is 8.75 Å². The molecule has 0 radical (unpaired) electrons. The van der Waals surface area contributed by atoms with E-state index in [1.54, 1.807) is 54.6 Å². The Morgan fingerprint density at radius 3 is 2.30 bits per heavy atom. The second-order valence-corrected chi connectivity index (χ2v) is 8.83. The van der Waals surface area contributed by atoms with E-state index in [0.29, 0.717) is 50.8 Å². The Hall–Kier alpha value is -4.15. The number of cyclic esters (lactones) is 1. The first-order valence-corrected chi connectivity index (χ1v) is 12.0. The van der Waals surface area contributed by atoms with Crippen LogP contribution in [0.25, 0.3) is 16.6 Å². The van der Waals surface area contributed by atoms with Gasteiger partial charge in [0.05, 0.1) is 45.7 Å². The molecular weight excluding hydrogens is 496 g/mol. The van der Waals surface area contributed by atoms with Crippen molar-refractivity contribution >= 4 is 34.3 Å². The lowest BCUT2D eigenvalue weighted by Crippen LogP contribution is -2.29. The van der Waals surface area contributed by atoms with Gasteiger partial charge >= 0.3 is 5.97 Å². The van der Waals surface area contributed by atoms with E-state index in [9.17, 15) is 9.90 Å². The fourth-order valence-corrected chi connectivity index (χ4v) is 5.00. The molecule has 2 heterocycles. The number of esters is 1. The van der Waals surface area contributed by atoms with Crippen LogP contribution in [-0.2, 0) is 21.7 Å². The van der Waals surface area contributed by atoms with Crippen molar-refractivity contribution in [2.45, 2.75) is 12.2 Å². The number of aromatic nitrogens is 2. The summed E-state index contributed by atoms with van der Waals surface area (Å²) in [5, 5.41) is 12.0. The van der Waals surface area contributed by atoms with E-state index >= 15 is 0 Å². The van der Waals surface area contributed by atoms with Crippen molar-refractivity contribution in [3.63, 3.8) is 0 Å². The summed E-state index contributed by atoms with van der Waals surface area (Å²) in [6.45, 7) is 0. The number of hydrogen-bond donors (Lipinski definition) is 1. The molecule has 0 bridgehead atoms. The van der Waals surface area contributed by atoms with E-state index in [1.165, 1.54) is 28.4 Å². The molecule has 0 saturated heterocycles. The first-order chi connectivity index (χ1) is 17.9. The fraction of sp³-hybridized carbons (Fsp3) is 0.222. The van der Waals surface area contributed by atoms with E-state index in [-0.39, 0.29) is 12.0 Å². The maximum absolute atomic E-state index is 13.4. The summed E-state index contributed by atoms with van der Waals surface area (Å²) in [7, 11) is 6.10. The van der Waals surface area contributed by atoms with E-state index in [0.717, 1.165) is 17.2 Å². The molecule has 37 heavy (non-hydrogen) atoms. The van der Waals surface area contributed by atoms with Crippen LogP contribution in [0.15, 0.2) is 60.2 Å². The minimum Gasteiger partial charge on any atom is -0.497 e. The minimum atomic E-state index is -2.05. The third-order valence-corrected chi connectivity index (χ3v) is 6.82. The lowest BCUT2D eigenvalue weighted by molar-refractivity contribution is -0.185. The van der Waals surface area contributed by atoms with Crippen molar-refractivity contribution in [1.29, 1.82) is 0 Å². The Balaban J connectivity index is 1.72. The molecule has 1 aromatic heterocycles. The largest absolute Gasteiger partial charge is 0.497 e. The highest BCUT2D eigenvalue weighted by atomic mass is 32.1. The van der Waals surface area contributed by atoms with Gasteiger partial charge in [0.25, 0.3) is 5.79 Å². The standard InChI is InChI=1S/C27H24N2O7S/c1-32-18-7-5-6-17(14-18)27(31)19(10-15-11-22(33-2)25(35-4)23(12-15)34-3)24(26(30)36-27)16-8-9-20-21(13-16)29-37-28-20/h5-9,11-14,31H,10H2,1-4H3. The molecule has 0 saturated carbocycles. The lowest BCUT2D eigenvalue weighted by Gasteiger charge is -2.26. The molecule has 0 fully saturated rings. The molecule has 190 valence electrons. The Bertz CT molecular complexity index is 1510. The van der Waals surface area contributed by atoms with Gasteiger partial charge in [0.1, 0.15) is 16.8 Å². The maximum atomic E-state index is 13.4. The van der Waals surface area contributed by atoms with Crippen LogP contribution in [0.4, 0.5) is 0 Å². The smallest absolute Gasteiger partial charge is 0.342 e. The monoisotopic (exact) mass is 520 g/mol. The fourth-order valence-electron chi connectivity index (χ4n) is 4.49. The summed E-state index contributed by atoms with van der Waals surface area (Å²) in [4.78, 5) is 13.4. The molecule has 3 aromatic carbocycles. The van der Waals surface area contributed by atoms with E-state index in [1.807, 2.05) is 0 Å². The molecule has 9 nitrogen and oxygen atoms in total. The molecule has 0 spiro atoms. The molecule has 10 heteroatoms. The number of nitrogens with zero attached hydrogens (tertiary/aromatic N) is 2. The predicted octanol–water partition coefficient (Wildman–Crippen LogP) is 4.12. The van der Waals surface area contributed by atoms with Crippen molar-refractivity contribution in [3.05, 3.63) is 76.9 Å². The van der Waals surface area contributed by atoms with Crippen LogP contribution in [0.5, 0.6) is 23.0 Å². The Morgan fingerprint density at radius 1 is 0.892 bits per heavy atom. The Labute approximate surface area is 217 Å². The van der Waals surface area contributed by atoms with Crippen LogP contribution in [0.3, 0.4) is 0 Å². The summed E-state index contributed by atoms with van der Waals surface area (Å²) in [6.07, 6.45) is 0.138. The van der Waals surface area contributed by atoms with Gasteiger partial charge in [0, 0.05) is 17.6 Å². The van der Waals surface area contributed by atoms with Gasteiger partial charge in [0.2, 0.25) is 5.75 Å².